The molecule has 4 aliphatic heterocycles. The van der Waals surface area contributed by atoms with Gasteiger partial charge in [-0.2, -0.15) is 0 Å². The molecule has 0 aliphatic carbocycles. The van der Waals surface area contributed by atoms with Crippen molar-refractivity contribution >= 4 is 80.9 Å². The number of fused-ring (bicyclic) bond motifs is 8. The highest BCUT2D eigenvalue weighted by molar-refractivity contribution is 6.23. The highest BCUT2D eigenvalue weighted by Gasteiger charge is 2.41. The quantitative estimate of drug-likeness (QED) is 0.0266. The zero-order chi connectivity index (χ0) is 59.4. The van der Waals surface area contributed by atoms with Gasteiger partial charge >= 0.3 is 12.1 Å². The van der Waals surface area contributed by atoms with Crippen LogP contribution < -0.4 is 21.3 Å². The third-order valence-corrected chi connectivity index (χ3v) is 14.9. The van der Waals surface area contributed by atoms with Crippen molar-refractivity contribution < 1.29 is 62.4 Å². The third kappa shape index (κ3) is 15.4. The van der Waals surface area contributed by atoms with Crippen LogP contribution in [0.25, 0.3) is 39.3 Å². The molecule has 7 rings (SSSR count). The smallest absolute Gasteiger partial charge is 0.408 e. The molecule has 82 heavy (non-hydrogen) atoms. The maximum absolute atomic E-state index is 15.3. The van der Waals surface area contributed by atoms with Gasteiger partial charge < -0.3 is 60.0 Å². The Kier molecular flexibility index (Phi) is 21.4. The summed E-state index contributed by atoms with van der Waals surface area (Å²) in [7, 11) is 0. The number of imide groups is 1. The molecule has 23 nitrogen and oxygen atoms in total. The second kappa shape index (κ2) is 28.1. The third-order valence-electron chi connectivity index (χ3n) is 14.9. The van der Waals surface area contributed by atoms with E-state index in [9.17, 15) is 28.8 Å². The van der Waals surface area contributed by atoms with Crippen LogP contribution in [0.15, 0.2) is 24.3 Å². The summed E-state index contributed by atoms with van der Waals surface area (Å²) in [5.74, 6) is -3.75. The van der Waals surface area contributed by atoms with Crippen molar-refractivity contribution in [1.29, 1.82) is 0 Å². The molecule has 1 fully saturated rings. The van der Waals surface area contributed by atoms with E-state index < -0.39 is 59.3 Å². The number of H-pyrrole nitrogens is 2. The van der Waals surface area contributed by atoms with E-state index >= 15 is 4.79 Å². The first kappa shape index (κ1) is 62.3. The Balaban J connectivity index is 1.21. The van der Waals surface area contributed by atoms with Crippen molar-refractivity contribution in [2.45, 2.75) is 118 Å². The van der Waals surface area contributed by atoms with Crippen molar-refractivity contribution in [2.75, 3.05) is 92.1 Å². The summed E-state index contributed by atoms with van der Waals surface area (Å²) >= 11 is 0. The van der Waals surface area contributed by atoms with E-state index in [1.807, 2.05) is 45.9 Å². The molecule has 0 spiro atoms. The number of aryl methyl sites for hydroxylation is 2. The molecule has 0 unspecified atom stereocenters. The van der Waals surface area contributed by atoms with Gasteiger partial charge in [-0.05, 0) is 115 Å². The number of rotatable bonds is 24. The molecule has 23 heteroatoms. The van der Waals surface area contributed by atoms with Gasteiger partial charge in [0.05, 0.1) is 80.0 Å². The van der Waals surface area contributed by atoms with Crippen molar-refractivity contribution in [1.82, 2.24) is 51.0 Å². The van der Waals surface area contributed by atoms with E-state index in [4.69, 9.17) is 38.8 Å². The number of aliphatic hydroxyl groups excluding tert-OH is 1. The van der Waals surface area contributed by atoms with E-state index in [1.165, 1.54) is 24.8 Å². The summed E-state index contributed by atoms with van der Waals surface area (Å²) in [5, 5.41) is 19.5. The minimum Gasteiger partial charge on any atom is -0.460 e. The summed E-state index contributed by atoms with van der Waals surface area (Å²) in [6, 6.07) is 3.86. The van der Waals surface area contributed by atoms with Gasteiger partial charge in [0.2, 0.25) is 17.7 Å². The van der Waals surface area contributed by atoms with Crippen LogP contribution in [0.5, 0.6) is 0 Å². The van der Waals surface area contributed by atoms with Crippen molar-refractivity contribution in [3.05, 3.63) is 74.9 Å². The number of aliphatic hydroxyl groups is 1. The summed E-state index contributed by atoms with van der Waals surface area (Å²) in [5.41, 5.74) is 8.69. The van der Waals surface area contributed by atoms with E-state index in [0.29, 0.717) is 107 Å². The molecule has 8 bridgehead atoms. The molecule has 7 heterocycles. The molecule has 1 saturated heterocycles. The number of alkyl carbamates (subject to hydrolysis) is 1. The predicted molar refractivity (Wildman–Crippen MR) is 307 cm³/mol. The molecular weight excluding hydrogens is 1060 g/mol. The molecule has 3 aromatic rings. The molecule has 0 radical (unpaired) electrons. The van der Waals surface area contributed by atoms with Gasteiger partial charge in [-0.15, -0.1) is 0 Å². The van der Waals surface area contributed by atoms with Gasteiger partial charge in [0.15, 0.2) is 0 Å². The summed E-state index contributed by atoms with van der Waals surface area (Å²) < 4.78 is 26.9. The number of carbonyl (C=O) groups excluding carboxylic acids is 7. The number of ether oxygens (including phenoxy) is 5. The van der Waals surface area contributed by atoms with E-state index in [2.05, 4.69) is 43.1 Å². The van der Waals surface area contributed by atoms with Crippen LogP contribution in [-0.2, 0) is 42.9 Å². The normalized spacial score (nSPS) is 17.2. The monoisotopic (exact) mass is 1140 g/mol. The van der Waals surface area contributed by atoms with Crippen LogP contribution in [0.3, 0.4) is 0 Å². The van der Waals surface area contributed by atoms with Crippen LogP contribution in [0.2, 0.25) is 0 Å². The SMILES string of the molecule is CCC1=C(C)c2cc3[nH]c(cc4nc(c5c6[nH]c(cc1n2)c(C)c6C(=O)N(CCN1CCOCC1)C5=O)[C@@H](CCC(=O)NCCNC(=O)[C@H](C)NC(=O)[C@H](C)NC(=O)OC(C)(C)C)[C@@H]4C)c(C)c3/C=C/C(=O)OCCOCCOCCO. The number of nitrogens with zero attached hydrogens (tertiary/aromatic N) is 4. The maximum Gasteiger partial charge on any atom is 0.408 e. The van der Waals surface area contributed by atoms with Gasteiger partial charge in [-0.3, -0.25) is 38.8 Å². The van der Waals surface area contributed by atoms with Crippen molar-refractivity contribution in [3.63, 3.8) is 0 Å². The fourth-order valence-corrected chi connectivity index (χ4v) is 10.3. The zero-order valence-electron chi connectivity index (χ0n) is 48.9. The minimum atomic E-state index is -0.979. The number of allylic oxidation sites excluding steroid dienone is 2. The number of hydrogen-bond acceptors (Lipinski definition) is 16. The molecule has 0 saturated carbocycles. The number of aromatic nitrogens is 4. The Morgan fingerprint density at radius 3 is 2.18 bits per heavy atom. The minimum absolute atomic E-state index is 0.0157. The van der Waals surface area contributed by atoms with Crippen molar-refractivity contribution in [3.8, 4) is 0 Å². The lowest BCUT2D eigenvalue weighted by Gasteiger charge is -2.31. The second-order valence-electron chi connectivity index (χ2n) is 21.8. The summed E-state index contributed by atoms with van der Waals surface area (Å²) in [6.45, 7) is 21.9. The number of morpholine rings is 1. The van der Waals surface area contributed by atoms with E-state index in [-0.39, 0.29) is 82.9 Å². The van der Waals surface area contributed by atoms with Crippen LogP contribution >= 0.6 is 0 Å². The number of aromatic amines is 2. The average Bonchev–Trinajstić information content (AvgIpc) is 2.98. The van der Waals surface area contributed by atoms with E-state index in [0.717, 1.165) is 16.7 Å². The fraction of sp³-hybridized carbons (Fsp3) is 0.542. The number of carbonyl (C=O) groups is 7. The summed E-state index contributed by atoms with van der Waals surface area (Å²) in [4.78, 5) is 116. The number of amides is 6. The Hall–Kier alpha value is -7.31. The van der Waals surface area contributed by atoms with Gasteiger partial charge in [0.1, 0.15) is 24.3 Å². The standard InChI is InChI=1S/C59H80N10O13/c1-11-39-33(2)43-31-47-40(13-15-49(72)81-29-28-80-27-26-79-25-22-70)34(3)42(65-47)30-44-35(4)41(12-14-48(71)60-16-17-61-54(73)37(6)62-55(74)38(7)63-58(77)82-59(8,9)10)52(66-44)51-53-50(36(5)45(67-53)32-46(39)64-43)56(75)69(57(51)76)19-18-68-20-23-78-24-21-68/h13,15,30-32,35,37-38,41,65,67,70H,11-12,14,16-29H2,1-10H3,(H,60,71)(H,61,73)(H,62,74)(H,63,77)/b15-13+,42-30?,43-31?,44-30?,45-32?,46-32?,47-31?,52-51?/t35-,37-,38-,41-/m0/s1. The molecule has 4 atom stereocenters. The number of hydrogen-bond donors (Lipinski definition) is 7. The Bertz CT molecular complexity index is 3130. The Morgan fingerprint density at radius 2 is 1.48 bits per heavy atom. The lowest BCUT2D eigenvalue weighted by molar-refractivity contribution is -0.139. The molecule has 444 valence electrons. The average molecular weight is 1140 g/mol. The van der Waals surface area contributed by atoms with E-state index in [1.54, 1.807) is 26.8 Å². The van der Waals surface area contributed by atoms with Gasteiger partial charge in [0, 0.05) is 91.4 Å². The fourth-order valence-electron chi connectivity index (χ4n) is 10.3. The van der Waals surface area contributed by atoms with Crippen LogP contribution in [-0.4, -0.2) is 186 Å². The lowest BCUT2D eigenvalue weighted by Crippen LogP contribution is -2.52. The van der Waals surface area contributed by atoms with Crippen LogP contribution in [0.1, 0.15) is 147 Å². The molecule has 7 N–H and O–H groups in total. The highest BCUT2D eigenvalue weighted by Crippen LogP contribution is 2.44. The maximum atomic E-state index is 15.3. The topological polar surface area (TPSA) is 298 Å². The first-order valence-corrected chi connectivity index (χ1v) is 28.2. The number of esters is 1. The predicted octanol–water partition coefficient (Wildman–Crippen LogP) is 5.10. The van der Waals surface area contributed by atoms with Crippen LogP contribution in [0, 0.1) is 13.8 Å². The highest BCUT2D eigenvalue weighted by atomic mass is 16.6. The molecule has 4 aliphatic rings. The lowest BCUT2D eigenvalue weighted by atomic mass is 9.84. The van der Waals surface area contributed by atoms with Gasteiger partial charge in [-0.1, -0.05) is 13.8 Å². The van der Waals surface area contributed by atoms with Gasteiger partial charge in [-0.25, -0.2) is 14.6 Å². The van der Waals surface area contributed by atoms with Gasteiger partial charge in [0.25, 0.3) is 11.8 Å². The molecule has 0 aromatic carbocycles. The summed E-state index contributed by atoms with van der Waals surface area (Å²) in [6.07, 6.45) is 3.20. The Morgan fingerprint density at radius 1 is 0.817 bits per heavy atom. The van der Waals surface area contributed by atoms with Crippen molar-refractivity contribution in [2.24, 2.45) is 0 Å². The zero-order valence-corrected chi connectivity index (χ0v) is 48.9. The largest absolute Gasteiger partial charge is 0.460 e. The molecule has 6 amide bonds. The van der Waals surface area contributed by atoms with Crippen LogP contribution in [0.4, 0.5) is 4.79 Å². The molecule has 3 aromatic heterocycles. The molecular formula is C59H80N10O13. The Labute approximate surface area is 477 Å². The second-order valence-corrected chi connectivity index (χ2v) is 21.8. The first-order chi connectivity index (χ1) is 39.1. The first-order valence-electron chi connectivity index (χ1n) is 28.2. The number of nitrogens with one attached hydrogen (secondary N) is 6.